The molecule has 3 heteroatoms. The molecule has 0 amide bonds. The summed E-state index contributed by atoms with van der Waals surface area (Å²) in [5.74, 6) is 0.476. The van der Waals surface area contributed by atoms with Gasteiger partial charge in [0.15, 0.2) is 0 Å². The smallest absolute Gasteiger partial charge is 0.330 e. The van der Waals surface area contributed by atoms with E-state index in [1.54, 1.807) is 0 Å². The molecule has 0 aromatic heterocycles. The van der Waals surface area contributed by atoms with Gasteiger partial charge in [-0.2, -0.15) is 0 Å². The average molecular weight is 431 g/mol. The van der Waals surface area contributed by atoms with Crippen molar-refractivity contribution in [2.75, 3.05) is 6.61 Å². The zero-order valence-corrected chi connectivity index (χ0v) is 20.0. The van der Waals surface area contributed by atoms with Crippen LogP contribution >= 0.6 is 0 Å². The first-order valence-corrected chi connectivity index (χ1v) is 12.8. The van der Waals surface area contributed by atoms with Crippen LogP contribution in [0.15, 0.2) is 36.9 Å². The number of unbranched alkanes of at least 4 members (excludes halogenated alkanes) is 15. The lowest BCUT2D eigenvalue weighted by Crippen LogP contribution is -2.00. The summed E-state index contributed by atoms with van der Waals surface area (Å²) >= 11 is 0. The molecule has 0 spiro atoms. The number of rotatable bonds is 21. The van der Waals surface area contributed by atoms with E-state index in [4.69, 9.17) is 9.47 Å². The van der Waals surface area contributed by atoms with Crippen LogP contribution in [0.1, 0.15) is 115 Å². The lowest BCUT2D eigenvalue weighted by atomic mass is 10.0. The molecule has 0 bridgehead atoms. The second-order valence-electron chi connectivity index (χ2n) is 8.61. The minimum atomic E-state index is -0.399. The molecule has 0 saturated heterocycles. The fourth-order valence-corrected chi connectivity index (χ4v) is 3.74. The highest BCUT2D eigenvalue weighted by Gasteiger charge is 2.00. The van der Waals surface area contributed by atoms with E-state index in [1.165, 1.54) is 102 Å². The van der Waals surface area contributed by atoms with Crippen molar-refractivity contribution in [1.82, 2.24) is 0 Å². The molecule has 0 aliphatic rings. The highest BCUT2D eigenvalue weighted by molar-refractivity contribution is 5.81. The van der Waals surface area contributed by atoms with Crippen LogP contribution in [0.2, 0.25) is 0 Å². The molecule has 0 heterocycles. The van der Waals surface area contributed by atoms with E-state index < -0.39 is 5.97 Å². The lowest BCUT2D eigenvalue weighted by molar-refractivity contribution is -0.138. The number of carbonyl (C=O) groups excluding carboxylic acids is 1. The van der Waals surface area contributed by atoms with Gasteiger partial charge in [0.25, 0.3) is 0 Å². The maximum atomic E-state index is 11.1. The zero-order valence-electron chi connectivity index (χ0n) is 20.0. The number of hydrogen-bond donors (Lipinski definition) is 0. The van der Waals surface area contributed by atoms with Crippen LogP contribution in [-0.2, 0) is 16.1 Å². The lowest BCUT2D eigenvalue weighted by Gasteiger charge is -2.08. The molecular formula is C28H46O3. The third-order valence-corrected chi connectivity index (χ3v) is 5.74. The Hall–Kier alpha value is -1.77. The van der Waals surface area contributed by atoms with Crippen LogP contribution in [0, 0.1) is 0 Å². The predicted molar refractivity (Wildman–Crippen MR) is 131 cm³/mol. The minimum absolute atomic E-state index is 0.268. The predicted octanol–water partition coefficient (Wildman–Crippen LogP) is 8.56. The Morgan fingerprint density at radius 1 is 0.742 bits per heavy atom. The van der Waals surface area contributed by atoms with Gasteiger partial charge < -0.3 is 9.47 Å². The maximum Gasteiger partial charge on any atom is 0.330 e. The number of benzene rings is 1. The number of ether oxygens (including phenoxy) is 2. The fourth-order valence-electron chi connectivity index (χ4n) is 3.74. The summed E-state index contributed by atoms with van der Waals surface area (Å²) in [7, 11) is 0. The highest BCUT2D eigenvalue weighted by Crippen LogP contribution is 2.15. The quantitative estimate of drug-likeness (QED) is 0.111. The molecule has 0 saturated carbocycles. The van der Waals surface area contributed by atoms with Crippen molar-refractivity contribution in [2.45, 2.75) is 116 Å². The van der Waals surface area contributed by atoms with Crippen LogP contribution in [0.3, 0.4) is 0 Å². The second-order valence-corrected chi connectivity index (χ2v) is 8.61. The van der Waals surface area contributed by atoms with Crippen LogP contribution < -0.4 is 4.74 Å². The van der Waals surface area contributed by atoms with Crippen LogP contribution in [0.4, 0.5) is 0 Å². The molecule has 0 N–H and O–H groups in total. The van der Waals surface area contributed by atoms with Crippen molar-refractivity contribution < 1.29 is 14.3 Å². The van der Waals surface area contributed by atoms with Crippen molar-refractivity contribution in [3.63, 3.8) is 0 Å². The Bertz CT molecular complexity index is 550. The first-order valence-electron chi connectivity index (χ1n) is 12.8. The third kappa shape index (κ3) is 16.6. The Balaban J connectivity index is 1.84. The molecule has 0 aliphatic carbocycles. The van der Waals surface area contributed by atoms with E-state index in [0.29, 0.717) is 0 Å². The Labute approximate surface area is 191 Å². The van der Waals surface area contributed by atoms with E-state index in [-0.39, 0.29) is 6.61 Å². The molecule has 0 atom stereocenters. The van der Waals surface area contributed by atoms with Gasteiger partial charge in [0.2, 0.25) is 0 Å². The largest absolute Gasteiger partial charge is 0.494 e. The van der Waals surface area contributed by atoms with Crippen molar-refractivity contribution >= 4 is 5.97 Å². The summed E-state index contributed by atoms with van der Waals surface area (Å²) in [5.41, 5.74) is 0.949. The molecule has 0 unspecified atom stereocenters. The highest BCUT2D eigenvalue weighted by atomic mass is 16.5. The summed E-state index contributed by atoms with van der Waals surface area (Å²) in [6, 6.07) is 7.73. The van der Waals surface area contributed by atoms with Gasteiger partial charge in [-0.1, -0.05) is 122 Å². The van der Waals surface area contributed by atoms with Crippen molar-refractivity contribution in [3.05, 3.63) is 42.5 Å². The van der Waals surface area contributed by atoms with Crippen LogP contribution in [0.5, 0.6) is 5.75 Å². The van der Waals surface area contributed by atoms with Crippen molar-refractivity contribution in [3.8, 4) is 5.75 Å². The fraction of sp³-hybridized carbons (Fsp3) is 0.679. The Morgan fingerprint density at radius 2 is 1.19 bits per heavy atom. The van der Waals surface area contributed by atoms with Gasteiger partial charge in [0.05, 0.1) is 6.61 Å². The summed E-state index contributed by atoms with van der Waals surface area (Å²) in [6.45, 7) is 6.71. The molecular weight excluding hydrogens is 384 g/mol. The maximum absolute atomic E-state index is 11.1. The van der Waals surface area contributed by atoms with Gasteiger partial charge in [-0.25, -0.2) is 4.79 Å². The molecule has 1 rings (SSSR count). The summed E-state index contributed by atoms with van der Waals surface area (Å²) < 4.78 is 10.8. The van der Waals surface area contributed by atoms with Crippen molar-refractivity contribution in [2.24, 2.45) is 0 Å². The second kappa shape index (κ2) is 20.2. The van der Waals surface area contributed by atoms with Crippen molar-refractivity contribution in [1.29, 1.82) is 0 Å². The molecule has 31 heavy (non-hydrogen) atoms. The topological polar surface area (TPSA) is 35.5 Å². The standard InChI is InChI=1S/C28H46O3/c1-3-5-6-7-8-9-10-11-12-13-14-15-16-17-18-19-24-30-27-22-20-26(21-23-27)25-31-28(29)4-2/h4,20-23H,2-3,5-19,24-25H2,1H3. The van der Waals surface area contributed by atoms with E-state index in [2.05, 4.69) is 13.5 Å². The molecule has 0 radical (unpaired) electrons. The van der Waals surface area contributed by atoms with Gasteiger partial charge in [-0.3, -0.25) is 0 Å². The normalized spacial score (nSPS) is 10.7. The molecule has 0 aliphatic heterocycles. The number of esters is 1. The molecule has 1 aromatic rings. The summed E-state index contributed by atoms with van der Waals surface area (Å²) in [5, 5.41) is 0. The van der Waals surface area contributed by atoms with E-state index in [1.807, 2.05) is 24.3 Å². The van der Waals surface area contributed by atoms with E-state index in [9.17, 15) is 4.79 Å². The minimum Gasteiger partial charge on any atom is -0.494 e. The molecule has 3 nitrogen and oxygen atoms in total. The average Bonchev–Trinajstić information content (AvgIpc) is 2.80. The number of carbonyl (C=O) groups is 1. The van der Waals surface area contributed by atoms with Gasteiger partial charge >= 0.3 is 5.97 Å². The van der Waals surface area contributed by atoms with Crippen LogP contribution in [-0.4, -0.2) is 12.6 Å². The summed E-state index contributed by atoms with van der Waals surface area (Å²) in [6.07, 6.45) is 23.3. The van der Waals surface area contributed by atoms with Gasteiger partial charge in [-0.15, -0.1) is 0 Å². The SMILES string of the molecule is C=CC(=O)OCc1ccc(OCCCCCCCCCCCCCCCCCC)cc1. The third-order valence-electron chi connectivity index (χ3n) is 5.74. The molecule has 176 valence electrons. The van der Waals surface area contributed by atoms with E-state index >= 15 is 0 Å². The summed E-state index contributed by atoms with van der Waals surface area (Å²) in [4.78, 5) is 11.1. The molecule has 1 aromatic carbocycles. The first-order chi connectivity index (χ1) is 15.3. The first kappa shape index (κ1) is 27.3. The Morgan fingerprint density at radius 3 is 1.65 bits per heavy atom. The molecule has 0 fully saturated rings. The number of hydrogen-bond acceptors (Lipinski definition) is 3. The van der Waals surface area contributed by atoms with Gasteiger partial charge in [-0.05, 0) is 24.1 Å². The van der Waals surface area contributed by atoms with Gasteiger partial charge in [0.1, 0.15) is 12.4 Å². The zero-order chi connectivity index (χ0) is 22.4. The van der Waals surface area contributed by atoms with E-state index in [0.717, 1.165) is 24.3 Å². The van der Waals surface area contributed by atoms with Gasteiger partial charge in [0, 0.05) is 6.08 Å². The monoisotopic (exact) mass is 430 g/mol. The Kier molecular flexibility index (Phi) is 17.7. The van der Waals surface area contributed by atoms with Crippen LogP contribution in [0.25, 0.3) is 0 Å².